The molecular formula is C16H25NO3. The topological polar surface area (TPSA) is 58.6 Å². The first-order chi connectivity index (χ1) is 9.31. The van der Waals surface area contributed by atoms with Crippen LogP contribution >= 0.6 is 0 Å². The van der Waals surface area contributed by atoms with Gasteiger partial charge in [0, 0.05) is 12.1 Å². The highest BCUT2D eigenvalue weighted by Crippen LogP contribution is 2.16. The third-order valence-electron chi connectivity index (χ3n) is 2.85. The molecule has 1 rings (SSSR count). The molecule has 0 amide bonds. The van der Waals surface area contributed by atoms with Gasteiger partial charge in [0.2, 0.25) is 0 Å². The average Bonchev–Trinajstić information content (AvgIpc) is 2.36. The van der Waals surface area contributed by atoms with Crippen molar-refractivity contribution in [1.29, 1.82) is 0 Å². The van der Waals surface area contributed by atoms with Crippen LogP contribution in [0, 0.1) is 0 Å². The highest BCUT2D eigenvalue weighted by molar-refractivity contribution is 5.72. The first-order valence-electron chi connectivity index (χ1n) is 7.05. The molecule has 1 aromatic rings. The number of carbonyl (C=O) groups is 1. The molecule has 0 aromatic heterocycles. The van der Waals surface area contributed by atoms with Crippen LogP contribution in [-0.2, 0) is 11.3 Å². The molecule has 20 heavy (non-hydrogen) atoms. The fraction of sp³-hybridized carbons (Fsp3) is 0.562. The molecule has 0 aliphatic rings. The van der Waals surface area contributed by atoms with Crippen LogP contribution in [0.4, 0.5) is 0 Å². The molecule has 0 bridgehead atoms. The van der Waals surface area contributed by atoms with Gasteiger partial charge < -0.3 is 15.2 Å². The highest BCUT2D eigenvalue weighted by Gasteiger charge is 2.18. The lowest BCUT2D eigenvalue weighted by Gasteiger charge is -2.20. The van der Waals surface area contributed by atoms with Crippen molar-refractivity contribution < 1.29 is 14.6 Å². The number of rotatable bonds is 7. The van der Waals surface area contributed by atoms with Crippen molar-refractivity contribution in [2.45, 2.75) is 58.7 Å². The molecule has 0 aliphatic heterocycles. The van der Waals surface area contributed by atoms with Gasteiger partial charge in [-0.25, -0.2) is 4.79 Å². The normalized spacial score (nSPS) is 13.0. The summed E-state index contributed by atoms with van der Waals surface area (Å²) in [6.45, 7) is 9.08. The lowest BCUT2D eigenvalue weighted by atomic mass is 10.1. The number of ether oxygens (including phenoxy) is 1. The number of hydrogen-bond donors (Lipinski definition) is 2. The quantitative estimate of drug-likeness (QED) is 0.804. The monoisotopic (exact) mass is 279 g/mol. The van der Waals surface area contributed by atoms with E-state index in [0.717, 1.165) is 18.5 Å². The molecule has 0 radical (unpaired) electrons. The third-order valence-corrected chi connectivity index (χ3v) is 2.85. The van der Waals surface area contributed by atoms with Gasteiger partial charge in [-0.05, 0) is 44.9 Å². The van der Waals surface area contributed by atoms with Gasteiger partial charge in [-0.15, -0.1) is 0 Å². The van der Waals surface area contributed by atoms with Crippen molar-refractivity contribution in [2.75, 3.05) is 0 Å². The summed E-state index contributed by atoms with van der Waals surface area (Å²) >= 11 is 0. The molecule has 0 aliphatic carbocycles. The SMILES string of the molecule is CCCC(Oc1ccc(CNC(C)(C)C)cc1)C(=O)O. The smallest absolute Gasteiger partial charge is 0.344 e. The molecule has 4 heteroatoms. The van der Waals surface area contributed by atoms with E-state index in [1.807, 2.05) is 31.2 Å². The summed E-state index contributed by atoms with van der Waals surface area (Å²) in [5.41, 5.74) is 1.22. The van der Waals surface area contributed by atoms with E-state index >= 15 is 0 Å². The van der Waals surface area contributed by atoms with Crippen LogP contribution in [0.25, 0.3) is 0 Å². The maximum Gasteiger partial charge on any atom is 0.344 e. The van der Waals surface area contributed by atoms with Gasteiger partial charge in [0.05, 0.1) is 0 Å². The summed E-state index contributed by atoms with van der Waals surface area (Å²) in [7, 11) is 0. The van der Waals surface area contributed by atoms with Gasteiger partial charge in [-0.1, -0.05) is 25.5 Å². The number of benzene rings is 1. The van der Waals surface area contributed by atoms with Gasteiger partial charge in [-0.3, -0.25) is 0 Å². The van der Waals surface area contributed by atoms with Gasteiger partial charge in [0.1, 0.15) is 5.75 Å². The number of carboxylic acids is 1. The highest BCUT2D eigenvalue weighted by atomic mass is 16.5. The number of aliphatic carboxylic acids is 1. The Morgan fingerprint density at radius 3 is 2.35 bits per heavy atom. The van der Waals surface area contributed by atoms with E-state index in [0.29, 0.717) is 12.2 Å². The number of hydrogen-bond acceptors (Lipinski definition) is 3. The largest absolute Gasteiger partial charge is 0.479 e. The average molecular weight is 279 g/mol. The Morgan fingerprint density at radius 1 is 1.30 bits per heavy atom. The van der Waals surface area contributed by atoms with Gasteiger partial charge in [0.15, 0.2) is 6.10 Å². The van der Waals surface area contributed by atoms with Crippen LogP contribution in [0.1, 0.15) is 46.1 Å². The third kappa shape index (κ3) is 6.06. The first-order valence-corrected chi connectivity index (χ1v) is 7.05. The van der Waals surface area contributed by atoms with E-state index in [-0.39, 0.29) is 5.54 Å². The van der Waals surface area contributed by atoms with E-state index in [4.69, 9.17) is 9.84 Å². The van der Waals surface area contributed by atoms with E-state index in [2.05, 4.69) is 26.1 Å². The fourth-order valence-electron chi connectivity index (χ4n) is 1.71. The maximum atomic E-state index is 11.0. The molecule has 1 atom stereocenters. The van der Waals surface area contributed by atoms with Crippen molar-refractivity contribution in [3.05, 3.63) is 29.8 Å². The van der Waals surface area contributed by atoms with Crippen LogP contribution < -0.4 is 10.1 Å². The standard InChI is InChI=1S/C16H25NO3/c1-5-6-14(15(18)19)20-13-9-7-12(8-10-13)11-17-16(2,3)4/h7-10,14,17H,5-6,11H2,1-4H3,(H,18,19). The predicted octanol–water partition coefficient (Wildman–Crippen LogP) is 3.21. The second-order valence-corrected chi connectivity index (χ2v) is 5.98. The van der Waals surface area contributed by atoms with Crippen LogP contribution in [0.2, 0.25) is 0 Å². The lowest BCUT2D eigenvalue weighted by molar-refractivity contribution is -0.145. The Kier molecular flexibility index (Phi) is 6.02. The minimum absolute atomic E-state index is 0.0741. The van der Waals surface area contributed by atoms with Gasteiger partial charge in [-0.2, -0.15) is 0 Å². The minimum atomic E-state index is -0.912. The summed E-state index contributed by atoms with van der Waals surface area (Å²) in [5, 5.41) is 12.5. The Labute approximate surface area is 121 Å². The molecule has 1 aromatic carbocycles. The summed E-state index contributed by atoms with van der Waals surface area (Å²) in [6, 6.07) is 7.56. The Morgan fingerprint density at radius 2 is 1.90 bits per heavy atom. The Balaban J connectivity index is 2.59. The molecule has 0 heterocycles. The second-order valence-electron chi connectivity index (χ2n) is 5.98. The molecule has 0 saturated carbocycles. The summed E-state index contributed by atoms with van der Waals surface area (Å²) in [4.78, 5) is 11.0. The Bertz CT molecular complexity index is 420. The van der Waals surface area contributed by atoms with Crippen molar-refractivity contribution in [2.24, 2.45) is 0 Å². The van der Waals surface area contributed by atoms with Crippen molar-refractivity contribution in [3.8, 4) is 5.75 Å². The molecular weight excluding hydrogens is 254 g/mol. The van der Waals surface area contributed by atoms with Crippen molar-refractivity contribution >= 4 is 5.97 Å². The van der Waals surface area contributed by atoms with Crippen LogP contribution in [0.5, 0.6) is 5.75 Å². The molecule has 4 nitrogen and oxygen atoms in total. The second kappa shape index (κ2) is 7.29. The van der Waals surface area contributed by atoms with Crippen molar-refractivity contribution in [3.63, 3.8) is 0 Å². The summed E-state index contributed by atoms with van der Waals surface area (Å²) in [6.07, 6.45) is 0.534. The zero-order chi connectivity index (χ0) is 15.2. The molecule has 0 spiro atoms. The first kappa shape index (κ1) is 16.5. The fourth-order valence-corrected chi connectivity index (χ4v) is 1.71. The van der Waals surface area contributed by atoms with Gasteiger partial charge in [0.25, 0.3) is 0 Å². The van der Waals surface area contributed by atoms with E-state index in [1.54, 1.807) is 0 Å². The number of carboxylic acid groups (broad SMARTS) is 1. The molecule has 1 unspecified atom stereocenters. The summed E-state index contributed by atoms with van der Waals surface area (Å²) < 4.78 is 5.50. The molecule has 0 saturated heterocycles. The van der Waals surface area contributed by atoms with Gasteiger partial charge >= 0.3 is 5.97 Å². The molecule has 2 N–H and O–H groups in total. The predicted molar refractivity (Wildman–Crippen MR) is 80.0 cm³/mol. The van der Waals surface area contributed by atoms with E-state index in [1.165, 1.54) is 0 Å². The van der Waals surface area contributed by atoms with Crippen LogP contribution in [-0.4, -0.2) is 22.7 Å². The van der Waals surface area contributed by atoms with Crippen LogP contribution in [0.3, 0.4) is 0 Å². The molecule has 0 fully saturated rings. The van der Waals surface area contributed by atoms with Crippen molar-refractivity contribution in [1.82, 2.24) is 5.32 Å². The lowest BCUT2D eigenvalue weighted by Crippen LogP contribution is -2.35. The van der Waals surface area contributed by atoms with E-state index < -0.39 is 12.1 Å². The minimum Gasteiger partial charge on any atom is -0.479 e. The zero-order valence-electron chi connectivity index (χ0n) is 12.8. The summed E-state index contributed by atoms with van der Waals surface area (Å²) in [5.74, 6) is -0.310. The number of nitrogens with one attached hydrogen (secondary N) is 1. The zero-order valence-corrected chi connectivity index (χ0v) is 12.8. The Hall–Kier alpha value is -1.55. The maximum absolute atomic E-state index is 11.0. The molecule has 112 valence electrons. The van der Waals surface area contributed by atoms with Crippen LogP contribution in [0.15, 0.2) is 24.3 Å². The van der Waals surface area contributed by atoms with E-state index in [9.17, 15) is 4.79 Å².